The summed E-state index contributed by atoms with van der Waals surface area (Å²) in [5.41, 5.74) is 0. The lowest BCUT2D eigenvalue weighted by atomic mass is 10.2. The summed E-state index contributed by atoms with van der Waals surface area (Å²) in [6.45, 7) is 9.92. The summed E-state index contributed by atoms with van der Waals surface area (Å²) in [7, 11) is 1.71. The molecule has 0 rings (SSSR count). The first-order valence-corrected chi connectivity index (χ1v) is 5.51. The number of hydrogen-bond donors (Lipinski definition) is 1. The topological polar surface area (TPSA) is 30.5 Å². The smallest absolute Gasteiger partial charge is 0.0932 e. The van der Waals surface area contributed by atoms with E-state index in [0.717, 1.165) is 26.1 Å². The summed E-state index contributed by atoms with van der Waals surface area (Å²) >= 11 is 0. The lowest BCUT2D eigenvalue weighted by Gasteiger charge is -2.18. The van der Waals surface area contributed by atoms with E-state index in [1.807, 2.05) is 0 Å². The maximum Gasteiger partial charge on any atom is 0.0932 e. The summed E-state index contributed by atoms with van der Waals surface area (Å²) in [6.07, 6.45) is 1.25. The molecule has 1 N–H and O–H groups in total. The van der Waals surface area contributed by atoms with Crippen molar-refractivity contribution in [3.8, 4) is 0 Å². The van der Waals surface area contributed by atoms with Crippen LogP contribution in [-0.2, 0) is 9.47 Å². The van der Waals surface area contributed by atoms with E-state index >= 15 is 0 Å². The van der Waals surface area contributed by atoms with Crippen molar-refractivity contribution in [2.75, 3.05) is 33.4 Å². The van der Waals surface area contributed by atoms with E-state index in [4.69, 9.17) is 9.47 Å². The fraction of sp³-hybridized carbons (Fsp3) is 1.00. The van der Waals surface area contributed by atoms with Gasteiger partial charge in [-0.3, -0.25) is 0 Å². The fourth-order valence-electron chi connectivity index (χ4n) is 1.17. The van der Waals surface area contributed by atoms with Crippen LogP contribution < -0.4 is 5.32 Å². The Bertz CT molecular complexity index is 118. The molecule has 0 heterocycles. The molecule has 0 saturated carbocycles. The van der Waals surface area contributed by atoms with E-state index in [1.54, 1.807) is 7.11 Å². The molecule has 0 amide bonds. The Labute approximate surface area is 88.2 Å². The van der Waals surface area contributed by atoms with E-state index in [-0.39, 0.29) is 6.10 Å². The quantitative estimate of drug-likeness (QED) is 0.618. The Morgan fingerprint density at radius 3 is 2.43 bits per heavy atom. The molecule has 0 fully saturated rings. The first-order chi connectivity index (χ1) is 6.70. The fourth-order valence-corrected chi connectivity index (χ4v) is 1.17. The third kappa shape index (κ3) is 8.48. The standard InChI is InChI=1S/C11H25NO2/c1-5-6-14-11(9-13-4)8-12-7-10(2)3/h10-12H,5-9H2,1-4H3. The second-order valence-electron chi connectivity index (χ2n) is 4.00. The maximum atomic E-state index is 5.63. The molecule has 0 spiro atoms. The molecule has 0 aromatic heterocycles. The van der Waals surface area contributed by atoms with Gasteiger partial charge in [0.15, 0.2) is 0 Å². The van der Waals surface area contributed by atoms with Crippen LogP contribution in [0.4, 0.5) is 0 Å². The van der Waals surface area contributed by atoms with Crippen molar-refractivity contribution >= 4 is 0 Å². The lowest BCUT2D eigenvalue weighted by molar-refractivity contribution is -0.000840. The molecule has 14 heavy (non-hydrogen) atoms. The zero-order valence-corrected chi connectivity index (χ0v) is 10.0. The van der Waals surface area contributed by atoms with Crippen molar-refractivity contribution in [3.05, 3.63) is 0 Å². The predicted octanol–water partition coefficient (Wildman–Crippen LogP) is 1.67. The van der Waals surface area contributed by atoms with Gasteiger partial charge in [-0.05, 0) is 18.9 Å². The molecular formula is C11H25NO2. The summed E-state index contributed by atoms with van der Waals surface area (Å²) in [4.78, 5) is 0. The molecule has 3 heteroatoms. The van der Waals surface area contributed by atoms with Crippen molar-refractivity contribution in [3.63, 3.8) is 0 Å². The second-order valence-corrected chi connectivity index (χ2v) is 4.00. The molecule has 1 atom stereocenters. The molecule has 0 aliphatic carbocycles. The second kappa shape index (κ2) is 9.44. The molecule has 0 bridgehead atoms. The van der Waals surface area contributed by atoms with E-state index in [0.29, 0.717) is 12.5 Å². The van der Waals surface area contributed by atoms with Crippen LogP contribution in [-0.4, -0.2) is 39.5 Å². The van der Waals surface area contributed by atoms with Crippen LogP contribution in [0.15, 0.2) is 0 Å². The van der Waals surface area contributed by atoms with Crippen LogP contribution in [0.2, 0.25) is 0 Å². The van der Waals surface area contributed by atoms with Gasteiger partial charge < -0.3 is 14.8 Å². The Morgan fingerprint density at radius 2 is 1.93 bits per heavy atom. The van der Waals surface area contributed by atoms with Crippen LogP contribution in [0.5, 0.6) is 0 Å². The lowest BCUT2D eigenvalue weighted by Crippen LogP contribution is -2.34. The molecule has 0 aliphatic heterocycles. The number of hydrogen-bond acceptors (Lipinski definition) is 3. The number of nitrogens with one attached hydrogen (secondary N) is 1. The largest absolute Gasteiger partial charge is 0.382 e. The third-order valence-electron chi connectivity index (χ3n) is 1.83. The van der Waals surface area contributed by atoms with Gasteiger partial charge in [0.2, 0.25) is 0 Å². The van der Waals surface area contributed by atoms with Gasteiger partial charge in [0.25, 0.3) is 0 Å². The highest BCUT2D eigenvalue weighted by Gasteiger charge is 2.07. The van der Waals surface area contributed by atoms with E-state index in [2.05, 4.69) is 26.1 Å². The van der Waals surface area contributed by atoms with Crippen molar-refractivity contribution in [2.24, 2.45) is 5.92 Å². The average molecular weight is 203 g/mol. The Kier molecular flexibility index (Phi) is 9.35. The van der Waals surface area contributed by atoms with Crippen molar-refractivity contribution in [2.45, 2.75) is 33.3 Å². The molecular weight excluding hydrogens is 178 g/mol. The Morgan fingerprint density at radius 1 is 1.21 bits per heavy atom. The molecule has 0 aliphatic rings. The zero-order chi connectivity index (χ0) is 10.8. The highest BCUT2D eigenvalue weighted by Crippen LogP contribution is 1.94. The summed E-state index contributed by atoms with van der Waals surface area (Å²) in [5, 5.41) is 3.37. The van der Waals surface area contributed by atoms with Gasteiger partial charge >= 0.3 is 0 Å². The zero-order valence-electron chi connectivity index (χ0n) is 10.0. The normalized spacial score (nSPS) is 13.5. The summed E-state index contributed by atoms with van der Waals surface area (Å²) in [6, 6.07) is 0. The van der Waals surface area contributed by atoms with Crippen LogP contribution in [0.1, 0.15) is 27.2 Å². The molecule has 0 radical (unpaired) electrons. The molecule has 0 saturated heterocycles. The van der Waals surface area contributed by atoms with Gasteiger partial charge in [0, 0.05) is 20.3 Å². The van der Waals surface area contributed by atoms with Crippen LogP contribution in [0.25, 0.3) is 0 Å². The van der Waals surface area contributed by atoms with Crippen molar-refractivity contribution in [1.82, 2.24) is 5.32 Å². The van der Waals surface area contributed by atoms with E-state index in [9.17, 15) is 0 Å². The molecule has 86 valence electrons. The molecule has 0 aromatic carbocycles. The predicted molar refractivity (Wildman–Crippen MR) is 59.6 cm³/mol. The highest BCUT2D eigenvalue weighted by atomic mass is 16.5. The summed E-state index contributed by atoms with van der Waals surface area (Å²) in [5.74, 6) is 0.685. The monoisotopic (exact) mass is 203 g/mol. The SMILES string of the molecule is CCCOC(CNCC(C)C)COC. The van der Waals surface area contributed by atoms with Crippen molar-refractivity contribution < 1.29 is 9.47 Å². The number of methoxy groups -OCH3 is 1. The summed E-state index contributed by atoms with van der Waals surface area (Å²) < 4.78 is 10.7. The van der Waals surface area contributed by atoms with Crippen LogP contribution in [0, 0.1) is 5.92 Å². The first kappa shape index (κ1) is 13.9. The minimum atomic E-state index is 0.193. The number of ether oxygens (including phenoxy) is 2. The van der Waals surface area contributed by atoms with Gasteiger partial charge in [-0.2, -0.15) is 0 Å². The van der Waals surface area contributed by atoms with E-state index in [1.165, 1.54) is 0 Å². The van der Waals surface area contributed by atoms with Gasteiger partial charge in [-0.15, -0.1) is 0 Å². The number of rotatable bonds is 9. The third-order valence-corrected chi connectivity index (χ3v) is 1.83. The molecule has 1 unspecified atom stereocenters. The Balaban J connectivity index is 3.50. The van der Waals surface area contributed by atoms with Gasteiger partial charge in [-0.25, -0.2) is 0 Å². The van der Waals surface area contributed by atoms with Gasteiger partial charge in [0.1, 0.15) is 0 Å². The minimum absolute atomic E-state index is 0.193. The maximum absolute atomic E-state index is 5.63. The van der Waals surface area contributed by atoms with Gasteiger partial charge in [-0.1, -0.05) is 20.8 Å². The minimum Gasteiger partial charge on any atom is -0.382 e. The molecule has 3 nitrogen and oxygen atoms in total. The molecule has 0 aromatic rings. The average Bonchev–Trinajstić information content (AvgIpc) is 2.13. The highest BCUT2D eigenvalue weighted by molar-refractivity contribution is 4.61. The van der Waals surface area contributed by atoms with Crippen LogP contribution >= 0.6 is 0 Å². The van der Waals surface area contributed by atoms with Crippen LogP contribution in [0.3, 0.4) is 0 Å². The Hall–Kier alpha value is -0.120. The van der Waals surface area contributed by atoms with E-state index < -0.39 is 0 Å². The van der Waals surface area contributed by atoms with Gasteiger partial charge in [0.05, 0.1) is 12.7 Å². The first-order valence-electron chi connectivity index (χ1n) is 5.51. The van der Waals surface area contributed by atoms with Crippen molar-refractivity contribution in [1.29, 1.82) is 0 Å².